The van der Waals surface area contributed by atoms with Gasteiger partial charge in [-0.3, -0.25) is 0 Å². The highest BCUT2D eigenvalue weighted by atomic mass is 14.9. The monoisotopic (exact) mass is 151 g/mol. The zero-order chi connectivity index (χ0) is 8.85. The van der Waals surface area contributed by atoms with Gasteiger partial charge in [0.2, 0.25) is 0 Å². The van der Waals surface area contributed by atoms with E-state index >= 15 is 0 Å². The molecule has 1 aromatic heterocycles. The summed E-state index contributed by atoms with van der Waals surface area (Å²) in [6.07, 6.45) is 2.08. The molecule has 1 nitrogen and oxygen atoms in total. The Morgan fingerprint density at radius 3 is 2.09 bits per heavy atom. The largest absolute Gasteiger partial charge is 0.354 e. The summed E-state index contributed by atoms with van der Waals surface area (Å²) < 4.78 is 2.16. The average Bonchev–Trinajstić information content (AvgIpc) is 2.39. The maximum absolute atomic E-state index is 3.00. The van der Waals surface area contributed by atoms with Gasteiger partial charge in [-0.2, -0.15) is 0 Å². The van der Waals surface area contributed by atoms with Crippen molar-refractivity contribution in [1.29, 1.82) is 0 Å². The first kappa shape index (κ1) is 10.0. The molecule has 0 spiro atoms. The van der Waals surface area contributed by atoms with Gasteiger partial charge in [-0.25, -0.2) is 0 Å². The summed E-state index contributed by atoms with van der Waals surface area (Å²) in [7, 11) is 2.08. The third-order valence-corrected chi connectivity index (χ3v) is 1.58. The topological polar surface area (TPSA) is 4.93 Å². The van der Waals surface area contributed by atoms with Gasteiger partial charge in [-0.15, -0.1) is 13.2 Å². The van der Waals surface area contributed by atoms with Crippen molar-refractivity contribution in [3.05, 3.63) is 37.2 Å². The fourth-order valence-corrected chi connectivity index (χ4v) is 1.07. The highest BCUT2D eigenvalue weighted by Gasteiger charge is 1.99. The lowest BCUT2D eigenvalue weighted by Crippen LogP contribution is -1.95. The van der Waals surface area contributed by atoms with E-state index in [-0.39, 0.29) is 0 Å². The van der Waals surface area contributed by atoms with Crippen molar-refractivity contribution in [3.8, 4) is 0 Å². The Labute approximate surface area is 69.4 Å². The fourth-order valence-electron chi connectivity index (χ4n) is 1.07. The molecule has 0 amide bonds. The van der Waals surface area contributed by atoms with Crippen LogP contribution in [0.4, 0.5) is 0 Å². The second-order valence-electron chi connectivity index (χ2n) is 2.70. The van der Waals surface area contributed by atoms with E-state index in [4.69, 9.17) is 0 Å². The van der Waals surface area contributed by atoms with Crippen molar-refractivity contribution >= 4 is 0 Å². The Morgan fingerprint density at radius 1 is 1.36 bits per heavy atom. The van der Waals surface area contributed by atoms with Gasteiger partial charge in [0.05, 0.1) is 0 Å². The van der Waals surface area contributed by atoms with E-state index in [0.717, 1.165) is 0 Å². The van der Waals surface area contributed by atoms with Crippen molar-refractivity contribution in [3.63, 3.8) is 0 Å². The molecule has 0 aliphatic rings. The third kappa shape index (κ3) is 2.62. The van der Waals surface area contributed by atoms with Crippen LogP contribution in [-0.4, -0.2) is 4.57 Å². The van der Waals surface area contributed by atoms with Crippen LogP contribution in [0.15, 0.2) is 31.5 Å². The van der Waals surface area contributed by atoms with Crippen LogP contribution in [0.3, 0.4) is 0 Å². The van der Waals surface area contributed by atoms with Crippen molar-refractivity contribution in [2.45, 2.75) is 19.8 Å². The van der Waals surface area contributed by atoms with Gasteiger partial charge < -0.3 is 4.57 Å². The van der Waals surface area contributed by atoms with Crippen molar-refractivity contribution in [2.24, 2.45) is 7.05 Å². The van der Waals surface area contributed by atoms with Crippen molar-refractivity contribution < 1.29 is 0 Å². The molecule has 0 atom stereocenters. The third-order valence-electron chi connectivity index (χ3n) is 1.58. The Morgan fingerprint density at radius 2 is 1.91 bits per heavy atom. The highest BCUT2D eigenvalue weighted by Crippen LogP contribution is 2.12. The summed E-state index contributed by atoms with van der Waals surface area (Å²) in [5.41, 5.74) is 1.40. The predicted molar refractivity (Wildman–Crippen MR) is 50.8 cm³/mol. The second kappa shape index (κ2) is 4.78. The standard InChI is InChI=1S/C8H13N.C2H4/c1-7(2)8-5-4-6-9(8)3;1-2/h4-7H,1-3H3;1-2H2. The predicted octanol–water partition coefficient (Wildman–Crippen LogP) is 2.95. The lowest BCUT2D eigenvalue weighted by Gasteiger charge is -2.04. The SMILES string of the molecule is C=C.CC(C)c1cccn1C. The molecule has 1 heterocycles. The minimum Gasteiger partial charge on any atom is -0.354 e. The smallest absolute Gasteiger partial charge is 0.0197 e. The lowest BCUT2D eigenvalue weighted by atomic mass is 10.1. The first-order valence-electron chi connectivity index (χ1n) is 3.83. The number of nitrogens with zero attached hydrogens (tertiary/aromatic N) is 1. The minimum absolute atomic E-state index is 0.644. The number of hydrogen-bond acceptors (Lipinski definition) is 0. The molecule has 0 unspecified atom stereocenters. The van der Waals surface area contributed by atoms with Crippen LogP contribution in [0.2, 0.25) is 0 Å². The van der Waals surface area contributed by atoms with Crippen LogP contribution in [0.5, 0.6) is 0 Å². The molecule has 0 saturated carbocycles. The van der Waals surface area contributed by atoms with Crippen LogP contribution in [0.25, 0.3) is 0 Å². The zero-order valence-electron chi connectivity index (χ0n) is 7.67. The van der Waals surface area contributed by atoms with E-state index in [2.05, 4.69) is 56.9 Å². The summed E-state index contributed by atoms with van der Waals surface area (Å²) in [5.74, 6) is 0.644. The molecule has 0 radical (unpaired) electrons. The van der Waals surface area contributed by atoms with E-state index in [1.807, 2.05) is 0 Å². The van der Waals surface area contributed by atoms with E-state index in [1.54, 1.807) is 0 Å². The molecule has 11 heavy (non-hydrogen) atoms. The van der Waals surface area contributed by atoms with E-state index < -0.39 is 0 Å². The first-order valence-corrected chi connectivity index (χ1v) is 3.83. The maximum atomic E-state index is 3.00. The van der Waals surface area contributed by atoms with Crippen LogP contribution in [-0.2, 0) is 7.05 Å². The average molecular weight is 151 g/mol. The van der Waals surface area contributed by atoms with E-state index in [9.17, 15) is 0 Å². The molecule has 0 N–H and O–H groups in total. The van der Waals surface area contributed by atoms with Gasteiger partial charge in [0.25, 0.3) is 0 Å². The van der Waals surface area contributed by atoms with Gasteiger partial charge >= 0.3 is 0 Å². The Bertz CT molecular complexity index is 198. The van der Waals surface area contributed by atoms with Crippen LogP contribution in [0.1, 0.15) is 25.5 Å². The molecule has 0 aromatic carbocycles. The Hall–Kier alpha value is -0.980. The van der Waals surface area contributed by atoms with Crippen LogP contribution in [0, 0.1) is 0 Å². The van der Waals surface area contributed by atoms with Gasteiger partial charge in [0.15, 0.2) is 0 Å². The molecule has 0 aliphatic carbocycles. The molecule has 0 saturated heterocycles. The molecule has 0 aliphatic heterocycles. The summed E-state index contributed by atoms with van der Waals surface area (Å²) >= 11 is 0. The number of rotatable bonds is 1. The van der Waals surface area contributed by atoms with E-state index in [1.165, 1.54) is 5.69 Å². The molecular weight excluding hydrogens is 134 g/mol. The van der Waals surface area contributed by atoms with Gasteiger partial charge in [-0.05, 0) is 18.1 Å². The van der Waals surface area contributed by atoms with Gasteiger partial charge in [0, 0.05) is 18.9 Å². The van der Waals surface area contributed by atoms with Crippen molar-refractivity contribution in [1.82, 2.24) is 4.57 Å². The molecule has 62 valence electrons. The van der Waals surface area contributed by atoms with Crippen LogP contribution < -0.4 is 0 Å². The molecule has 0 bridgehead atoms. The molecule has 1 aromatic rings. The van der Waals surface area contributed by atoms with E-state index in [0.29, 0.717) is 5.92 Å². The summed E-state index contributed by atoms with van der Waals surface area (Å²) in [6.45, 7) is 10.4. The normalized spacial score (nSPS) is 9.09. The Kier molecular flexibility index (Phi) is 4.35. The maximum Gasteiger partial charge on any atom is 0.0197 e. The quantitative estimate of drug-likeness (QED) is 0.544. The summed E-state index contributed by atoms with van der Waals surface area (Å²) in [5, 5.41) is 0. The molecule has 1 heteroatoms. The highest BCUT2D eigenvalue weighted by molar-refractivity contribution is 5.09. The van der Waals surface area contributed by atoms with Crippen molar-refractivity contribution in [2.75, 3.05) is 0 Å². The second-order valence-corrected chi connectivity index (χ2v) is 2.70. The number of aryl methyl sites for hydroxylation is 1. The number of aromatic nitrogens is 1. The lowest BCUT2D eigenvalue weighted by molar-refractivity contribution is 0.741. The molecule has 0 fully saturated rings. The summed E-state index contributed by atoms with van der Waals surface area (Å²) in [4.78, 5) is 0. The molecular formula is C10H17N. The molecule has 1 rings (SSSR count). The summed E-state index contributed by atoms with van der Waals surface area (Å²) in [6, 6.07) is 4.24. The minimum atomic E-state index is 0.644. The van der Waals surface area contributed by atoms with Gasteiger partial charge in [-0.1, -0.05) is 13.8 Å². The van der Waals surface area contributed by atoms with Crippen LogP contribution >= 0.6 is 0 Å². The fraction of sp³-hybridized carbons (Fsp3) is 0.400. The first-order chi connectivity index (χ1) is 5.22. The number of hydrogen-bond donors (Lipinski definition) is 0. The van der Waals surface area contributed by atoms with Gasteiger partial charge in [0.1, 0.15) is 0 Å². The zero-order valence-corrected chi connectivity index (χ0v) is 7.67. The Balaban J connectivity index is 0.000000461.